The summed E-state index contributed by atoms with van der Waals surface area (Å²) in [5.74, 6) is 0.521. The molecule has 0 N–H and O–H groups in total. The van der Waals surface area contributed by atoms with Crippen LogP contribution in [0.1, 0.15) is 32.6 Å². The van der Waals surface area contributed by atoms with E-state index in [0.717, 1.165) is 34.9 Å². The topological polar surface area (TPSA) is 62.0 Å². The van der Waals surface area contributed by atoms with Crippen molar-refractivity contribution in [3.05, 3.63) is 29.7 Å². The van der Waals surface area contributed by atoms with E-state index in [9.17, 15) is 5.21 Å². The van der Waals surface area contributed by atoms with Crippen molar-refractivity contribution < 1.29 is 9.47 Å². The van der Waals surface area contributed by atoms with Gasteiger partial charge in [-0.25, -0.2) is 0 Å². The predicted molar refractivity (Wildman–Crippen MR) is 73.9 cm³/mol. The standard InChI is InChI=1S/C13H17N3O2S/c1-2-3-4-5-9-18-13-12(14-19-15-13)11-7-6-8-16(17)10-11/h6-8,10H,2-5,9H2,1H3. The minimum absolute atomic E-state index is 0.521. The first-order chi connectivity index (χ1) is 9.31. The highest BCUT2D eigenvalue weighted by Crippen LogP contribution is 2.26. The van der Waals surface area contributed by atoms with Crippen LogP contribution in [0.4, 0.5) is 0 Å². The second kappa shape index (κ2) is 7.04. The lowest BCUT2D eigenvalue weighted by Gasteiger charge is -2.04. The van der Waals surface area contributed by atoms with Crippen molar-refractivity contribution in [2.24, 2.45) is 0 Å². The number of hydrogen-bond donors (Lipinski definition) is 0. The van der Waals surface area contributed by atoms with Crippen molar-refractivity contribution in [2.45, 2.75) is 32.6 Å². The summed E-state index contributed by atoms with van der Waals surface area (Å²) in [6, 6.07) is 3.52. The van der Waals surface area contributed by atoms with E-state index in [0.29, 0.717) is 18.2 Å². The van der Waals surface area contributed by atoms with E-state index in [4.69, 9.17) is 4.74 Å². The van der Waals surface area contributed by atoms with E-state index >= 15 is 0 Å². The van der Waals surface area contributed by atoms with Crippen LogP contribution in [0.3, 0.4) is 0 Å². The molecule has 0 aliphatic rings. The van der Waals surface area contributed by atoms with Crippen LogP contribution >= 0.6 is 11.7 Å². The molecule has 19 heavy (non-hydrogen) atoms. The fourth-order valence-corrected chi connectivity index (χ4v) is 2.26. The molecule has 0 atom stereocenters. The van der Waals surface area contributed by atoms with Crippen LogP contribution in [0.15, 0.2) is 24.5 Å². The average molecular weight is 279 g/mol. The van der Waals surface area contributed by atoms with Crippen LogP contribution in [-0.2, 0) is 0 Å². The number of pyridine rings is 1. The zero-order chi connectivity index (χ0) is 13.5. The van der Waals surface area contributed by atoms with Crippen LogP contribution in [-0.4, -0.2) is 15.4 Å². The SMILES string of the molecule is CCCCCCOc1nsnc1-c1ccc[n+]([O-])c1. The number of rotatable bonds is 7. The summed E-state index contributed by atoms with van der Waals surface area (Å²) in [4.78, 5) is 0. The molecular formula is C13H17N3O2S. The Morgan fingerprint density at radius 3 is 3.00 bits per heavy atom. The summed E-state index contributed by atoms with van der Waals surface area (Å²) >= 11 is 1.10. The van der Waals surface area contributed by atoms with Gasteiger partial charge in [0.1, 0.15) is 0 Å². The molecule has 0 bridgehead atoms. The summed E-state index contributed by atoms with van der Waals surface area (Å²) in [7, 11) is 0. The zero-order valence-electron chi connectivity index (χ0n) is 10.9. The summed E-state index contributed by atoms with van der Waals surface area (Å²) < 4.78 is 14.7. The van der Waals surface area contributed by atoms with Crippen LogP contribution < -0.4 is 9.47 Å². The van der Waals surface area contributed by atoms with E-state index in [1.807, 2.05) is 6.07 Å². The van der Waals surface area contributed by atoms with Gasteiger partial charge in [0, 0.05) is 6.07 Å². The molecule has 0 spiro atoms. The lowest BCUT2D eigenvalue weighted by atomic mass is 10.2. The Bertz CT molecular complexity index is 516. The average Bonchev–Trinajstić information content (AvgIpc) is 2.87. The molecule has 2 rings (SSSR count). The zero-order valence-corrected chi connectivity index (χ0v) is 11.7. The molecule has 0 radical (unpaired) electrons. The molecule has 2 heterocycles. The summed E-state index contributed by atoms with van der Waals surface area (Å²) in [5, 5.41) is 11.3. The molecule has 0 saturated carbocycles. The predicted octanol–water partition coefficient (Wildman–Crippen LogP) is 2.80. The van der Waals surface area contributed by atoms with Crippen molar-refractivity contribution in [1.29, 1.82) is 0 Å². The first kappa shape index (κ1) is 13.7. The third-order valence-corrected chi connectivity index (χ3v) is 3.26. The maximum absolute atomic E-state index is 11.3. The molecule has 102 valence electrons. The Balaban J connectivity index is 1.98. The molecular weight excluding hydrogens is 262 g/mol. The van der Waals surface area contributed by atoms with E-state index in [-0.39, 0.29) is 0 Å². The van der Waals surface area contributed by atoms with Crippen LogP contribution in [0.25, 0.3) is 11.3 Å². The molecule has 0 fully saturated rings. The van der Waals surface area contributed by atoms with Crippen molar-refractivity contribution in [3.8, 4) is 17.1 Å². The van der Waals surface area contributed by atoms with Crippen LogP contribution in [0, 0.1) is 5.21 Å². The summed E-state index contributed by atoms with van der Waals surface area (Å²) in [5.41, 5.74) is 1.38. The molecule has 6 heteroatoms. The Morgan fingerprint density at radius 1 is 1.32 bits per heavy atom. The third kappa shape index (κ3) is 3.89. The minimum atomic E-state index is 0.521. The van der Waals surface area contributed by atoms with Gasteiger partial charge in [0.15, 0.2) is 18.1 Å². The second-order valence-electron chi connectivity index (χ2n) is 4.28. The Kier molecular flexibility index (Phi) is 5.09. The highest BCUT2D eigenvalue weighted by molar-refractivity contribution is 6.99. The first-order valence-corrected chi connectivity index (χ1v) is 7.19. The summed E-state index contributed by atoms with van der Waals surface area (Å²) in [6.45, 7) is 2.82. The Morgan fingerprint density at radius 2 is 2.21 bits per heavy atom. The van der Waals surface area contributed by atoms with Gasteiger partial charge in [0.05, 0.1) is 23.9 Å². The lowest BCUT2D eigenvalue weighted by Crippen LogP contribution is -2.24. The lowest BCUT2D eigenvalue weighted by molar-refractivity contribution is -0.604. The number of nitrogens with zero attached hydrogens (tertiary/aromatic N) is 3. The van der Waals surface area contributed by atoms with E-state index < -0.39 is 0 Å². The van der Waals surface area contributed by atoms with Crippen LogP contribution in [0.5, 0.6) is 5.88 Å². The van der Waals surface area contributed by atoms with E-state index in [2.05, 4.69) is 15.7 Å². The third-order valence-electron chi connectivity index (χ3n) is 2.74. The Labute approximate surface area is 116 Å². The van der Waals surface area contributed by atoms with Gasteiger partial charge in [-0.05, 0) is 12.5 Å². The molecule has 0 saturated heterocycles. The monoisotopic (exact) mass is 279 g/mol. The Hall–Kier alpha value is -1.69. The van der Waals surface area contributed by atoms with Crippen molar-refractivity contribution in [1.82, 2.24) is 8.75 Å². The van der Waals surface area contributed by atoms with Gasteiger partial charge in [-0.1, -0.05) is 26.2 Å². The molecule has 0 amide bonds. The molecule has 2 aromatic heterocycles. The van der Waals surface area contributed by atoms with Gasteiger partial charge >= 0.3 is 0 Å². The number of ether oxygens (including phenoxy) is 1. The smallest absolute Gasteiger partial charge is 0.254 e. The van der Waals surface area contributed by atoms with Gasteiger partial charge in [-0.3, -0.25) is 0 Å². The fraction of sp³-hybridized carbons (Fsp3) is 0.462. The quantitative estimate of drug-likeness (QED) is 0.444. The normalized spacial score (nSPS) is 10.6. The number of unbranched alkanes of at least 4 members (excludes halogenated alkanes) is 3. The van der Waals surface area contributed by atoms with Gasteiger partial charge < -0.3 is 9.94 Å². The van der Waals surface area contributed by atoms with Gasteiger partial charge in [-0.2, -0.15) is 9.10 Å². The van der Waals surface area contributed by atoms with Gasteiger partial charge in [0.25, 0.3) is 5.88 Å². The van der Waals surface area contributed by atoms with Crippen LogP contribution in [0.2, 0.25) is 0 Å². The summed E-state index contributed by atoms with van der Waals surface area (Å²) in [6.07, 6.45) is 7.52. The maximum Gasteiger partial charge on any atom is 0.254 e. The van der Waals surface area contributed by atoms with Crippen molar-refractivity contribution in [2.75, 3.05) is 6.61 Å². The van der Waals surface area contributed by atoms with Gasteiger partial charge in [-0.15, -0.1) is 4.37 Å². The molecule has 0 aromatic carbocycles. The van der Waals surface area contributed by atoms with E-state index in [1.54, 1.807) is 6.07 Å². The second-order valence-corrected chi connectivity index (χ2v) is 4.81. The highest BCUT2D eigenvalue weighted by Gasteiger charge is 2.13. The van der Waals surface area contributed by atoms with Crippen molar-refractivity contribution >= 4 is 11.7 Å². The highest BCUT2D eigenvalue weighted by atomic mass is 32.1. The number of hydrogen-bond acceptors (Lipinski definition) is 5. The number of aromatic nitrogens is 3. The first-order valence-electron chi connectivity index (χ1n) is 6.46. The fourth-order valence-electron chi connectivity index (χ4n) is 1.74. The largest absolute Gasteiger partial charge is 0.619 e. The molecule has 5 nitrogen and oxygen atoms in total. The molecule has 2 aromatic rings. The maximum atomic E-state index is 11.3. The molecule has 0 aliphatic heterocycles. The van der Waals surface area contributed by atoms with Crippen molar-refractivity contribution in [3.63, 3.8) is 0 Å². The van der Waals surface area contributed by atoms with Gasteiger partial charge in [0.2, 0.25) is 0 Å². The molecule has 0 aliphatic carbocycles. The minimum Gasteiger partial charge on any atom is -0.619 e. The molecule has 0 unspecified atom stereocenters. The van der Waals surface area contributed by atoms with E-state index in [1.165, 1.54) is 25.2 Å².